The van der Waals surface area contributed by atoms with Crippen molar-refractivity contribution in [3.05, 3.63) is 95.0 Å². The number of benzene rings is 3. The van der Waals surface area contributed by atoms with Gasteiger partial charge in [-0.05, 0) is 47.5 Å². The van der Waals surface area contributed by atoms with Crippen LogP contribution < -0.4 is 4.74 Å². The Morgan fingerprint density at radius 1 is 0.826 bits per heavy atom. The number of nitrogens with zero attached hydrogens (tertiary/aromatic N) is 1. The zero-order chi connectivity index (χ0) is 15.9. The van der Waals surface area contributed by atoms with Gasteiger partial charge in [-0.3, -0.25) is 4.99 Å². The van der Waals surface area contributed by atoms with Crippen LogP contribution in [-0.2, 0) is 6.61 Å². The highest BCUT2D eigenvalue weighted by molar-refractivity contribution is 6.33. The molecule has 3 heteroatoms. The summed E-state index contributed by atoms with van der Waals surface area (Å²) in [5.41, 5.74) is 2.91. The van der Waals surface area contributed by atoms with Crippen molar-refractivity contribution in [3.8, 4) is 5.75 Å². The molecule has 0 aliphatic carbocycles. The third kappa shape index (κ3) is 4.44. The van der Waals surface area contributed by atoms with Gasteiger partial charge in [0, 0.05) is 6.21 Å². The zero-order valence-electron chi connectivity index (χ0n) is 12.5. The minimum absolute atomic E-state index is 0.563. The van der Waals surface area contributed by atoms with Crippen LogP contribution in [-0.4, -0.2) is 6.21 Å². The van der Waals surface area contributed by atoms with Crippen LogP contribution in [0, 0.1) is 0 Å². The van der Waals surface area contributed by atoms with Gasteiger partial charge in [0.25, 0.3) is 0 Å². The van der Waals surface area contributed by atoms with Gasteiger partial charge in [-0.25, -0.2) is 0 Å². The molecular formula is C20H16ClNO. The van der Waals surface area contributed by atoms with Gasteiger partial charge in [0.05, 0.1) is 10.7 Å². The van der Waals surface area contributed by atoms with E-state index in [1.165, 1.54) is 0 Å². The average Bonchev–Trinajstić information content (AvgIpc) is 2.61. The molecule has 0 N–H and O–H groups in total. The number of halogens is 1. The predicted octanol–water partition coefficient (Wildman–Crippen LogP) is 5.67. The van der Waals surface area contributed by atoms with Gasteiger partial charge in [0.1, 0.15) is 12.4 Å². The third-order valence-corrected chi connectivity index (χ3v) is 3.65. The molecule has 0 amide bonds. The Balaban J connectivity index is 1.62. The van der Waals surface area contributed by atoms with Crippen LogP contribution in [0.3, 0.4) is 0 Å². The summed E-state index contributed by atoms with van der Waals surface area (Å²) >= 11 is 6.08. The van der Waals surface area contributed by atoms with Crippen LogP contribution in [0.5, 0.6) is 5.75 Å². The van der Waals surface area contributed by atoms with Crippen LogP contribution >= 0.6 is 11.6 Å². The summed E-state index contributed by atoms with van der Waals surface area (Å²) in [6, 6.07) is 25.4. The molecular weight excluding hydrogens is 306 g/mol. The largest absolute Gasteiger partial charge is 0.489 e. The van der Waals surface area contributed by atoms with Crippen LogP contribution in [0.4, 0.5) is 5.69 Å². The second-order valence-electron chi connectivity index (χ2n) is 5.05. The molecule has 3 aromatic carbocycles. The highest BCUT2D eigenvalue weighted by Crippen LogP contribution is 2.23. The molecule has 23 heavy (non-hydrogen) atoms. The van der Waals surface area contributed by atoms with Gasteiger partial charge in [-0.1, -0.05) is 54.1 Å². The quantitative estimate of drug-likeness (QED) is 0.555. The molecule has 3 aromatic rings. The molecule has 0 atom stereocenters. The van der Waals surface area contributed by atoms with Crippen molar-refractivity contribution in [2.75, 3.05) is 0 Å². The first kappa shape index (κ1) is 15.3. The van der Waals surface area contributed by atoms with E-state index in [-0.39, 0.29) is 0 Å². The summed E-state index contributed by atoms with van der Waals surface area (Å²) in [7, 11) is 0. The summed E-state index contributed by atoms with van der Waals surface area (Å²) in [6.07, 6.45) is 1.79. The molecule has 0 saturated carbocycles. The fourth-order valence-electron chi connectivity index (χ4n) is 2.09. The fraction of sp³-hybridized carbons (Fsp3) is 0.0500. The minimum atomic E-state index is 0.563. The van der Waals surface area contributed by atoms with E-state index >= 15 is 0 Å². The fourth-order valence-corrected chi connectivity index (χ4v) is 2.28. The Labute approximate surface area is 141 Å². The lowest BCUT2D eigenvalue weighted by Gasteiger charge is -2.06. The van der Waals surface area contributed by atoms with Crippen molar-refractivity contribution in [1.82, 2.24) is 0 Å². The highest BCUT2D eigenvalue weighted by Gasteiger charge is 1.97. The van der Waals surface area contributed by atoms with Gasteiger partial charge < -0.3 is 4.74 Å². The van der Waals surface area contributed by atoms with Crippen LogP contribution in [0.15, 0.2) is 83.9 Å². The SMILES string of the molecule is Clc1ccccc1N=Cc1ccc(OCc2ccccc2)cc1. The number of aliphatic imine (C=N–C) groups is 1. The molecule has 0 fully saturated rings. The average molecular weight is 322 g/mol. The van der Waals surface area contributed by atoms with E-state index in [2.05, 4.69) is 4.99 Å². The smallest absolute Gasteiger partial charge is 0.119 e. The van der Waals surface area contributed by atoms with E-state index in [0.717, 1.165) is 22.6 Å². The van der Waals surface area contributed by atoms with Gasteiger partial charge in [0.15, 0.2) is 0 Å². The molecule has 0 heterocycles. The van der Waals surface area contributed by atoms with Crippen molar-refractivity contribution < 1.29 is 4.74 Å². The Morgan fingerprint density at radius 3 is 2.26 bits per heavy atom. The summed E-state index contributed by atoms with van der Waals surface area (Å²) in [4.78, 5) is 4.40. The maximum atomic E-state index is 6.08. The zero-order valence-corrected chi connectivity index (χ0v) is 13.3. The normalized spacial score (nSPS) is 10.8. The topological polar surface area (TPSA) is 21.6 Å². The van der Waals surface area contributed by atoms with Crippen molar-refractivity contribution in [1.29, 1.82) is 0 Å². The molecule has 0 aromatic heterocycles. The van der Waals surface area contributed by atoms with Gasteiger partial charge in [0.2, 0.25) is 0 Å². The number of hydrogen-bond donors (Lipinski definition) is 0. The first-order valence-electron chi connectivity index (χ1n) is 7.37. The molecule has 2 nitrogen and oxygen atoms in total. The first-order chi connectivity index (χ1) is 11.3. The van der Waals surface area contributed by atoms with E-state index in [4.69, 9.17) is 16.3 Å². The lowest BCUT2D eigenvalue weighted by atomic mass is 10.2. The highest BCUT2D eigenvalue weighted by atomic mass is 35.5. The summed E-state index contributed by atoms with van der Waals surface area (Å²) in [5, 5.41) is 0.645. The molecule has 0 spiro atoms. The second kappa shape index (κ2) is 7.61. The Morgan fingerprint density at radius 2 is 1.52 bits per heavy atom. The Hall–Kier alpha value is -2.58. The number of para-hydroxylation sites is 1. The van der Waals surface area contributed by atoms with Crippen molar-refractivity contribution in [2.45, 2.75) is 6.61 Å². The standard InChI is InChI=1S/C20H16ClNO/c21-19-8-4-5-9-20(19)22-14-16-10-12-18(13-11-16)23-15-17-6-2-1-3-7-17/h1-14H,15H2. The third-order valence-electron chi connectivity index (χ3n) is 3.33. The number of hydrogen-bond acceptors (Lipinski definition) is 2. The number of rotatable bonds is 5. The van der Waals surface area contributed by atoms with Gasteiger partial charge >= 0.3 is 0 Å². The van der Waals surface area contributed by atoms with E-state index < -0.39 is 0 Å². The van der Waals surface area contributed by atoms with E-state index in [1.807, 2.05) is 78.9 Å². The van der Waals surface area contributed by atoms with E-state index in [1.54, 1.807) is 6.21 Å². The van der Waals surface area contributed by atoms with Crippen molar-refractivity contribution >= 4 is 23.5 Å². The van der Waals surface area contributed by atoms with Crippen LogP contribution in [0.2, 0.25) is 5.02 Å². The van der Waals surface area contributed by atoms with Gasteiger partial charge in [-0.15, -0.1) is 0 Å². The lowest BCUT2D eigenvalue weighted by molar-refractivity contribution is 0.306. The van der Waals surface area contributed by atoms with E-state index in [9.17, 15) is 0 Å². The first-order valence-corrected chi connectivity index (χ1v) is 7.74. The van der Waals surface area contributed by atoms with Crippen molar-refractivity contribution in [3.63, 3.8) is 0 Å². The Kier molecular flexibility index (Phi) is 5.07. The summed E-state index contributed by atoms with van der Waals surface area (Å²) < 4.78 is 5.76. The lowest BCUT2D eigenvalue weighted by Crippen LogP contribution is -1.94. The maximum absolute atomic E-state index is 6.08. The monoisotopic (exact) mass is 321 g/mol. The summed E-state index contributed by atoms with van der Waals surface area (Å²) in [5.74, 6) is 0.837. The molecule has 0 aliphatic heterocycles. The van der Waals surface area contributed by atoms with Crippen LogP contribution in [0.25, 0.3) is 0 Å². The Bertz CT molecular complexity index is 782. The molecule has 0 bridgehead atoms. The molecule has 114 valence electrons. The maximum Gasteiger partial charge on any atom is 0.119 e. The number of ether oxygens (including phenoxy) is 1. The van der Waals surface area contributed by atoms with Crippen molar-refractivity contribution in [2.24, 2.45) is 4.99 Å². The minimum Gasteiger partial charge on any atom is -0.489 e. The molecule has 0 saturated heterocycles. The predicted molar refractivity (Wildman–Crippen MR) is 95.9 cm³/mol. The summed E-state index contributed by atoms with van der Waals surface area (Å²) in [6.45, 7) is 0.563. The van der Waals surface area contributed by atoms with Gasteiger partial charge in [-0.2, -0.15) is 0 Å². The second-order valence-corrected chi connectivity index (χ2v) is 5.46. The molecule has 0 radical (unpaired) electrons. The molecule has 0 aliphatic rings. The molecule has 3 rings (SSSR count). The van der Waals surface area contributed by atoms with Crippen LogP contribution in [0.1, 0.15) is 11.1 Å². The van der Waals surface area contributed by atoms with E-state index in [0.29, 0.717) is 11.6 Å². The molecule has 0 unspecified atom stereocenters.